The normalized spacial score (nSPS) is 10.8. The Hall–Kier alpha value is -2.49. The molecule has 0 saturated heterocycles. The van der Waals surface area contributed by atoms with Crippen molar-refractivity contribution in [2.75, 3.05) is 12.8 Å². The summed E-state index contributed by atoms with van der Waals surface area (Å²) in [4.78, 5) is 4.48. The molecule has 0 aliphatic carbocycles. The van der Waals surface area contributed by atoms with Crippen molar-refractivity contribution < 1.29 is 9.15 Å². The standard InChI is InChI=1S/C15H14N2O2/c1-18-12-6-3-7-13-15(12)17-14(19-13)9-10-4-2-5-11(16)8-10/h2-8H,9,16H2,1H3. The van der Waals surface area contributed by atoms with E-state index in [2.05, 4.69) is 4.98 Å². The molecule has 2 N–H and O–H groups in total. The third-order valence-electron chi connectivity index (χ3n) is 2.95. The highest BCUT2D eigenvalue weighted by molar-refractivity contribution is 5.79. The molecule has 1 aromatic heterocycles. The van der Waals surface area contributed by atoms with E-state index in [1.807, 2.05) is 42.5 Å². The van der Waals surface area contributed by atoms with Crippen LogP contribution >= 0.6 is 0 Å². The Labute approximate surface area is 110 Å². The van der Waals surface area contributed by atoms with Gasteiger partial charge in [0.05, 0.1) is 7.11 Å². The van der Waals surface area contributed by atoms with E-state index in [0.717, 1.165) is 28.1 Å². The van der Waals surface area contributed by atoms with Crippen molar-refractivity contribution in [2.24, 2.45) is 0 Å². The molecule has 2 aromatic carbocycles. The number of nitrogens with zero attached hydrogens (tertiary/aromatic N) is 1. The van der Waals surface area contributed by atoms with Crippen LogP contribution in [0.3, 0.4) is 0 Å². The fourth-order valence-electron chi connectivity index (χ4n) is 2.09. The number of fused-ring (bicyclic) bond motifs is 1. The molecule has 96 valence electrons. The second kappa shape index (κ2) is 4.65. The van der Waals surface area contributed by atoms with Crippen molar-refractivity contribution in [1.82, 2.24) is 4.98 Å². The van der Waals surface area contributed by atoms with Crippen LogP contribution in [0.5, 0.6) is 5.75 Å². The summed E-state index contributed by atoms with van der Waals surface area (Å²) in [7, 11) is 1.63. The maximum atomic E-state index is 5.76. The number of hydrogen-bond acceptors (Lipinski definition) is 4. The first kappa shape index (κ1) is 11.6. The number of hydrogen-bond donors (Lipinski definition) is 1. The molecule has 19 heavy (non-hydrogen) atoms. The Balaban J connectivity index is 1.98. The van der Waals surface area contributed by atoms with E-state index in [-0.39, 0.29) is 0 Å². The molecule has 1 heterocycles. The summed E-state index contributed by atoms with van der Waals surface area (Å²) in [5.74, 6) is 1.38. The third-order valence-corrected chi connectivity index (χ3v) is 2.95. The SMILES string of the molecule is COc1cccc2oc(Cc3cccc(N)c3)nc12. The van der Waals surface area contributed by atoms with Crippen LogP contribution in [0.2, 0.25) is 0 Å². The zero-order chi connectivity index (χ0) is 13.2. The van der Waals surface area contributed by atoms with Gasteiger partial charge in [-0.15, -0.1) is 0 Å². The van der Waals surface area contributed by atoms with E-state index in [4.69, 9.17) is 14.9 Å². The molecule has 3 aromatic rings. The molecular formula is C15H14N2O2. The van der Waals surface area contributed by atoms with E-state index in [0.29, 0.717) is 12.3 Å². The smallest absolute Gasteiger partial charge is 0.200 e. The van der Waals surface area contributed by atoms with Crippen LogP contribution in [-0.4, -0.2) is 12.1 Å². The lowest BCUT2D eigenvalue weighted by Gasteiger charge is -1.98. The van der Waals surface area contributed by atoms with Gasteiger partial charge in [-0.3, -0.25) is 0 Å². The lowest BCUT2D eigenvalue weighted by Crippen LogP contribution is -1.91. The first-order chi connectivity index (χ1) is 9.26. The average molecular weight is 254 g/mol. The molecule has 0 radical (unpaired) electrons. The summed E-state index contributed by atoms with van der Waals surface area (Å²) in [5, 5.41) is 0. The van der Waals surface area contributed by atoms with E-state index < -0.39 is 0 Å². The molecule has 0 aliphatic rings. The molecule has 0 bridgehead atoms. The van der Waals surface area contributed by atoms with Gasteiger partial charge in [-0.05, 0) is 29.8 Å². The van der Waals surface area contributed by atoms with Gasteiger partial charge in [-0.2, -0.15) is 0 Å². The Kier molecular flexibility index (Phi) is 2.83. The van der Waals surface area contributed by atoms with Crippen molar-refractivity contribution in [2.45, 2.75) is 6.42 Å². The Bertz CT molecular complexity index is 719. The quantitative estimate of drug-likeness (QED) is 0.730. The molecule has 0 fully saturated rings. The predicted octanol–water partition coefficient (Wildman–Crippen LogP) is 3.01. The molecule has 0 aliphatic heterocycles. The number of rotatable bonds is 3. The summed E-state index contributed by atoms with van der Waals surface area (Å²) < 4.78 is 11.0. The number of aromatic nitrogens is 1. The van der Waals surface area contributed by atoms with Crippen molar-refractivity contribution in [3.05, 3.63) is 53.9 Å². The second-order valence-corrected chi connectivity index (χ2v) is 4.34. The summed E-state index contributed by atoms with van der Waals surface area (Å²) >= 11 is 0. The lowest BCUT2D eigenvalue weighted by molar-refractivity contribution is 0.419. The van der Waals surface area contributed by atoms with Gasteiger partial charge >= 0.3 is 0 Å². The summed E-state index contributed by atoms with van der Waals surface area (Å²) in [5.41, 5.74) is 9.07. The van der Waals surface area contributed by atoms with Crippen LogP contribution in [0.1, 0.15) is 11.5 Å². The topological polar surface area (TPSA) is 61.3 Å². The van der Waals surface area contributed by atoms with Crippen LogP contribution < -0.4 is 10.5 Å². The number of anilines is 1. The fourth-order valence-corrected chi connectivity index (χ4v) is 2.09. The fraction of sp³-hybridized carbons (Fsp3) is 0.133. The van der Waals surface area contributed by atoms with Gasteiger partial charge < -0.3 is 14.9 Å². The third kappa shape index (κ3) is 2.25. The highest BCUT2D eigenvalue weighted by Gasteiger charge is 2.10. The van der Waals surface area contributed by atoms with Crippen LogP contribution in [0, 0.1) is 0 Å². The molecule has 0 atom stereocenters. The summed E-state index contributed by atoms with van der Waals surface area (Å²) in [6.07, 6.45) is 0.614. The molecular weight excluding hydrogens is 240 g/mol. The summed E-state index contributed by atoms with van der Waals surface area (Å²) in [6, 6.07) is 13.3. The minimum Gasteiger partial charge on any atom is -0.494 e. The van der Waals surface area contributed by atoms with Crippen molar-refractivity contribution >= 4 is 16.8 Å². The first-order valence-corrected chi connectivity index (χ1v) is 6.03. The van der Waals surface area contributed by atoms with Crippen molar-refractivity contribution in [1.29, 1.82) is 0 Å². The van der Waals surface area contributed by atoms with Crippen molar-refractivity contribution in [3.8, 4) is 5.75 Å². The molecule has 4 nitrogen and oxygen atoms in total. The number of para-hydroxylation sites is 1. The number of ether oxygens (including phenoxy) is 1. The van der Waals surface area contributed by atoms with Gasteiger partial charge in [-0.25, -0.2) is 4.98 Å². The molecule has 0 amide bonds. The number of nitrogens with two attached hydrogens (primary N) is 1. The van der Waals surface area contributed by atoms with E-state index in [1.54, 1.807) is 7.11 Å². The molecule has 0 saturated carbocycles. The van der Waals surface area contributed by atoms with Gasteiger partial charge in [0, 0.05) is 12.1 Å². The Morgan fingerprint density at radius 1 is 1.21 bits per heavy atom. The molecule has 4 heteroatoms. The molecule has 0 unspecified atom stereocenters. The Morgan fingerprint density at radius 2 is 2.05 bits per heavy atom. The minimum absolute atomic E-state index is 0.614. The highest BCUT2D eigenvalue weighted by atomic mass is 16.5. The number of nitrogen functional groups attached to an aromatic ring is 1. The van der Waals surface area contributed by atoms with Crippen molar-refractivity contribution in [3.63, 3.8) is 0 Å². The highest BCUT2D eigenvalue weighted by Crippen LogP contribution is 2.26. The Morgan fingerprint density at radius 3 is 2.84 bits per heavy atom. The monoisotopic (exact) mass is 254 g/mol. The predicted molar refractivity (Wildman–Crippen MR) is 74.2 cm³/mol. The van der Waals surface area contributed by atoms with Gasteiger partial charge in [0.2, 0.25) is 0 Å². The number of oxazole rings is 1. The molecule has 3 rings (SSSR count). The van der Waals surface area contributed by atoms with E-state index in [9.17, 15) is 0 Å². The zero-order valence-electron chi connectivity index (χ0n) is 10.6. The van der Waals surface area contributed by atoms with E-state index >= 15 is 0 Å². The van der Waals surface area contributed by atoms with Gasteiger partial charge in [0.25, 0.3) is 0 Å². The first-order valence-electron chi connectivity index (χ1n) is 6.03. The minimum atomic E-state index is 0.614. The van der Waals surface area contributed by atoms with Gasteiger partial charge in [0.1, 0.15) is 5.75 Å². The van der Waals surface area contributed by atoms with Crippen LogP contribution in [-0.2, 0) is 6.42 Å². The van der Waals surface area contributed by atoms with Crippen LogP contribution in [0.25, 0.3) is 11.1 Å². The van der Waals surface area contributed by atoms with Gasteiger partial charge in [0.15, 0.2) is 17.0 Å². The number of benzene rings is 2. The zero-order valence-corrected chi connectivity index (χ0v) is 10.6. The maximum Gasteiger partial charge on any atom is 0.200 e. The average Bonchev–Trinajstić information content (AvgIpc) is 2.80. The van der Waals surface area contributed by atoms with E-state index in [1.165, 1.54) is 0 Å². The maximum absolute atomic E-state index is 5.76. The van der Waals surface area contributed by atoms with Gasteiger partial charge in [-0.1, -0.05) is 18.2 Å². The van der Waals surface area contributed by atoms with Crippen LogP contribution in [0.15, 0.2) is 46.9 Å². The second-order valence-electron chi connectivity index (χ2n) is 4.34. The van der Waals surface area contributed by atoms with Crippen LogP contribution in [0.4, 0.5) is 5.69 Å². The number of methoxy groups -OCH3 is 1. The lowest BCUT2D eigenvalue weighted by atomic mass is 10.1. The molecule has 0 spiro atoms. The summed E-state index contributed by atoms with van der Waals surface area (Å²) in [6.45, 7) is 0. The largest absolute Gasteiger partial charge is 0.494 e.